The van der Waals surface area contributed by atoms with Crippen molar-refractivity contribution in [1.82, 2.24) is 43.9 Å². The van der Waals surface area contributed by atoms with Crippen molar-refractivity contribution < 1.29 is 0 Å². The van der Waals surface area contributed by atoms with Crippen LogP contribution in [0.25, 0.3) is 22.1 Å². The van der Waals surface area contributed by atoms with E-state index in [2.05, 4.69) is 29.9 Å². The Labute approximate surface area is 212 Å². The van der Waals surface area contributed by atoms with Crippen LogP contribution in [-0.2, 0) is 13.1 Å². The zero-order valence-corrected chi connectivity index (χ0v) is 20.3. The third-order valence-corrected chi connectivity index (χ3v) is 5.98. The highest BCUT2D eigenvalue weighted by molar-refractivity contribution is 5.86. The monoisotopic (exact) mass is 528 g/mol. The number of hydrogen-bond acceptors (Lipinski definition) is 14. The van der Waals surface area contributed by atoms with Crippen LogP contribution < -0.4 is 51.2 Å². The molecule has 0 unspecified atom stereocenters. The molecule has 202 valence electrons. The minimum atomic E-state index is -0.719. The van der Waals surface area contributed by atoms with E-state index in [9.17, 15) is 19.2 Å². The van der Waals surface area contributed by atoms with Crippen LogP contribution in [0.15, 0.2) is 19.2 Å². The van der Waals surface area contributed by atoms with Crippen molar-refractivity contribution in [1.29, 1.82) is 0 Å². The first kappa shape index (κ1) is 26.2. The minimum absolute atomic E-state index is 0.0103. The number of anilines is 4. The molecule has 0 fully saturated rings. The van der Waals surface area contributed by atoms with Crippen LogP contribution >= 0.6 is 0 Å². The van der Waals surface area contributed by atoms with Gasteiger partial charge in [0.2, 0.25) is 11.9 Å². The molecule has 38 heavy (non-hydrogen) atoms. The minimum Gasteiger partial charge on any atom is -0.383 e. The van der Waals surface area contributed by atoms with Crippen LogP contribution in [0, 0.1) is 0 Å². The Hall–Kier alpha value is -4.84. The predicted molar refractivity (Wildman–Crippen MR) is 141 cm³/mol. The van der Waals surface area contributed by atoms with E-state index in [0.717, 1.165) is 12.8 Å². The van der Waals surface area contributed by atoms with Crippen LogP contribution in [0.4, 0.5) is 23.5 Å². The molecule has 0 aromatic carbocycles. The van der Waals surface area contributed by atoms with Gasteiger partial charge in [-0.3, -0.25) is 33.6 Å². The number of aromatic nitrogens is 8. The maximum atomic E-state index is 12.6. The van der Waals surface area contributed by atoms with Crippen LogP contribution in [0.5, 0.6) is 0 Å². The van der Waals surface area contributed by atoms with Crippen molar-refractivity contribution in [2.45, 2.75) is 25.9 Å². The zero-order valence-electron chi connectivity index (χ0n) is 20.3. The van der Waals surface area contributed by atoms with Gasteiger partial charge in [-0.1, -0.05) is 0 Å². The second-order valence-electron chi connectivity index (χ2n) is 8.49. The Bertz CT molecular complexity index is 1610. The lowest BCUT2D eigenvalue weighted by Gasteiger charge is -2.23. The predicted octanol–water partition coefficient (Wildman–Crippen LogP) is -3.66. The van der Waals surface area contributed by atoms with Gasteiger partial charge in [-0.05, 0) is 25.9 Å². The number of nitrogen functional groups attached to an aromatic ring is 4. The molecule has 18 heteroatoms. The van der Waals surface area contributed by atoms with E-state index in [-0.39, 0.29) is 58.7 Å². The lowest BCUT2D eigenvalue weighted by atomic mass is 10.3. The summed E-state index contributed by atoms with van der Waals surface area (Å²) in [5, 5.41) is -0.0933. The maximum absolute atomic E-state index is 12.6. The summed E-state index contributed by atoms with van der Waals surface area (Å²) < 4.78 is 2.49. The van der Waals surface area contributed by atoms with Crippen LogP contribution in [-0.4, -0.2) is 70.1 Å². The number of H-pyrrole nitrogens is 2. The van der Waals surface area contributed by atoms with E-state index in [0.29, 0.717) is 26.2 Å². The van der Waals surface area contributed by atoms with Crippen LogP contribution in [0.3, 0.4) is 0 Å². The van der Waals surface area contributed by atoms with Gasteiger partial charge in [0.25, 0.3) is 11.1 Å². The fourth-order valence-electron chi connectivity index (χ4n) is 4.15. The molecule has 0 aliphatic rings. The first-order valence-electron chi connectivity index (χ1n) is 11.6. The molecule has 4 rings (SSSR count). The molecule has 18 nitrogen and oxygen atoms in total. The SMILES string of the molecule is NCCCCN(CCn1c(=O)[nH]c(=O)c2c(N)nc(N)nc21)CCn1c(=O)[nH]c(=O)c2c(N)nc(N)nc21. The molecule has 4 aromatic heterocycles. The number of nitrogens with one attached hydrogen (secondary N) is 2. The third-order valence-electron chi connectivity index (χ3n) is 5.98. The van der Waals surface area contributed by atoms with Crippen molar-refractivity contribution in [3.63, 3.8) is 0 Å². The fraction of sp³-hybridized carbons (Fsp3) is 0.400. The van der Waals surface area contributed by atoms with Gasteiger partial charge in [-0.2, -0.15) is 19.9 Å². The van der Waals surface area contributed by atoms with Crippen LogP contribution in [0.2, 0.25) is 0 Å². The summed E-state index contributed by atoms with van der Waals surface area (Å²) in [6, 6.07) is 0. The van der Waals surface area contributed by atoms with E-state index in [1.165, 1.54) is 9.13 Å². The lowest BCUT2D eigenvalue weighted by Crippen LogP contribution is -2.39. The quantitative estimate of drug-likeness (QED) is 0.0976. The number of aromatic amines is 2. The summed E-state index contributed by atoms with van der Waals surface area (Å²) in [4.78, 5) is 71.9. The molecule has 4 heterocycles. The second kappa shape index (κ2) is 10.6. The molecule has 12 N–H and O–H groups in total. The highest BCUT2D eigenvalue weighted by atomic mass is 16.2. The molecule has 4 aromatic rings. The third kappa shape index (κ3) is 5.15. The standard InChI is InChI=1S/C20H28N14O4/c21-3-1-2-4-32(5-7-33-13-9(15(35)30-19(33)37)11(22)26-17(24)28-13)6-8-34-14-10(16(36)31-20(34)38)12(23)27-18(25)29-14/h1-8,21H2,(H,30,35,37)(H,31,36,38)(H4,22,24,26,28)(H4,23,25,27,29). The molecule has 0 saturated carbocycles. The number of unbranched alkanes of at least 4 members (excludes halogenated alkanes) is 1. The molecule has 0 atom stereocenters. The first-order chi connectivity index (χ1) is 18.1. The average molecular weight is 529 g/mol. The van der Waals surface area contributed by atoms with Gasteiger partial charge in [0.1, 0.15) is 22.4 Å². The second-order valence-corrected chi connectivity index (χ2v) is 8.49. The van der Waals surface area contributed by atoms with E-state index in [4.69, 9.17) is 28.7 Å². The van der Waals surface area contributed by atoms with Gasteiger partial charge in [0.15, 0.2) is 11.3 Å². The number of rotatable bonds is 10. The fourth-order valence-corrected chi connectivity index (χ4v) is 4.15. The van der Waals surface area contributed by atoms with Gasteiger partial charge in [0, 0.05) is 26.2 Å². The summed E-state index contributed by atoms with van der Waals surface area (Å²) in [6.07, 6.45) is 1.49. The number of fused-ring (bicyclic) bond motifs is 2. The highest BCUT2D eigenvalue weighted by Crippen LogP contribution is 2.14. The molecule has 0 amide bonds. The molecular weight excluding hydrogens is 500 g/mol. The Morgan fingerprint density at radius 3 is 1.53 bits per heavy atom. The van der Waals surface area contributed by atoms with Gasteiger partial charge in [0.05, 0.1) is 0 Å². The lowest BCUT2D eigenvalue weighted by molar-refractivity contribution is 0.247. The van der Waals surface area contributed by atoms with Gasteiger partial charge < -0.3 is 28.7 Å². The molecule has 0 aliphatic carbocycles. The molecule has 0 bridgehead atoms. The van der Waals surface area contributed by atoms with Crippen LogP contribution in [0.1, 0.15) is 12.8 Å². The number of hydrogen-bond donors (Lipinski definition) is 7. The van der Waals surface area contributed by atoms with E-state index in [1.807, 2.05) is 4.90 Å². The van der Waals surface area contributed by atoms with Crippen molar-refractivity contribution in [2.75, 3.05) is 49.1 Å². The van der Waals surface area contributed by atoms with E-state index in [1.54, 1.807) is 0 Å². The summed E-state index contributed by atoms with van der Waals surface area (Å²) in [5.41, 5.74) is 25.9. The highest BCUT2D eigenvalue weighted by Gasteiger charge is 2.17. The maximum Gasteiger partial charge on any atom is 0.330 e. The summed E-state index contributed by atoms with van der Waals surface area (Å²) >= 11 is 0. The van der Waals surface area contributed by atoms with E-state index >= 15 is 0 Å². The molecule has 0 radical (unpaired) electrons. The normalized spacial score (nSPS) is 11.6. The Balaban J connectivity index is 1.65. The Morgan fingerprint density at radius 1 is 0.658 bits per heavy atom. The number of nitrogens with two attached hydrogens (primary N) is 5. The van der Waals surface area contributed by atoms with Crippen molar-refractivity contribution in [3.05, 3.63) is 41.7 Å². The average Bonchev–Trinajstić information content (AvgIpc) is 2.81. The smallest absolute Gasteiger partial charge is 0.330 e. The largest absolute Gasteiger partial charge is 0.383 e. The van der Waals surface area contributed by atoms with Crippen molar-refractivity contribution in [2.24, 2.45) is 5.73 Å². The summed E-state index contributed by atoms with van der Waals surface area (Å²) in [7, 11) is 0. The summed E-state index contributed by atoms with van der Waals surface area (Å²) in [5.74, 6) is -0.656. The topological polar surface area (TPSA) is 295 Å². The Morgan fingerprint density at radius 2 is 1.11 bits per heavy atom. The number of nitrogens with zero attached hydrogens (tertiary/aromatic N) is 7. The molecular formula is C20H28N14O4. The molecule has 0 aliphatic heterocycles. The Kier molecular flexibility index (Phi) is 7.35. The van der Waals surface area contributed by atoms with Gasteiger partial charge >= 0.3 is 11.4 Å². The first-order valence-corrected chi connectivity index (χ1v) is 11.6. The molecule has 0 saturated heterocycles. The zero-order chi connectivity index (χ0) is 27.6. The van der Waals surface area contributed by atoms with Crippen molar-refractivity contribution in [3.8, 4) is 0 Å². The van der Waals surface area contributed by atoms with Gasteiger partial charge in [-0.15, -0.1) is 0 Å². The summed E-state index contributed by atoms with van der Waals surface area (Å²) in [6.45, 7) is 1.89. The van der Waals surface area contributed by atoms with E-state index < -0.39 is 22.5 Å². The van der Waals surface area contributed by atoms with Crippen molar-refractivity contribution >= 4 is 45.6 Å². The van der Waals surface area contributed by atoms with Gasteiger partial charge in [-0.25, -0.2) is 9.59 Å². The molecule has 0 spiro atoms.